The molecule has 2 aliphatic heterocycles. The highest BCUT2D eigenvalue weighted by atomic mass is 16.5. The van der Waals surface area contributed by atoms with E-state index in [-0.39, 0.29) is 0 Å². The van der Waals surface area contributed by atoms with Crippen LogP contribution < -0.4 is 5.73 Å². The highest BCUT2D eigenvalue weighted by Gasteiger charge is 2.16. The van der Waals surface area contributed by atoms with Crippen molar-refractivity contribution in [3.8, 4) is 0 Å². The molecule has 0 bridgehead atoms. The Hall–Kier alpha value is -0.770. The average molecular weight is 211 g/mol. The number of rotatable bonds is 2. The van der Waals surface area contributed by atoms with Gasteiger partial charge in [0, 0.05) is 19.7 Å². The third-order valence-electron chi connectivity index (χ3n) is 3.16. The Morgan fingerprint density at radius 2 is 2.07 bits per heavy atom. The molecule has 2 rings (SSSR count). The van der Waals surface area contributed by atoms with Gasteiger partial charge in [-0.1, -0.05) is 0 Å². The standard InChI is InChI=1S/C11H21N3O/c12-11(14-6-2-1-3-7-14)13-9-10-5-4-8-15-10/h10H,1-9H2,(H2,12,13). The molecule has 0 aromatic carbocycles. The van der Waals surface area contributed by atoms with Gasteiger partial charge in [-0.15, -0.1) is 0 Å². The third-order valence-corrected chi connectivity index (χ3v) is 3.16. The fourth-order valence-electron chi connectivity index (χ4n) is 2.21. The minimum absolute atomic E-state index is 0.313. The van der Waals surface area contributed by atoms with Gasteiger partial charge in [-0.25, -0.2) is 0 Å². The molecule has 4 nitrogen and oxygen atoms in total. The number of likely N-dealkylation sites (tertiary alicyclic amines) is 1. The van der Waals surface area contributed by atoms with Crippen LogP contribution in [0.25, 0.3) is 0 Å². The molecule has 2 fully saturated rings. The first-order chi connectivity index (χ1) is 7.36. The van der Waals surface area contributed by atoms with Crippen molar-refractivity contribution in [2.45, 2.75) is 38.2 Å². The summed E-state index contributed by atoms with van der Waals surface area (Å²) in [5, 5.41) is 0. The molecule has 0 saturated carbocycles. The Balaban J connectivity index is 1.77. The maximum atomic E-state index is 5.95. The van der Waals surface area contributed by atoms with Gasteiger partial charge in [0.05, 0.1) is 12.6 Å². The normalized spacial score (nSPS) is 28.4. The molecule has 2 heterocycles. The van der Waals surface area contributed by atoms with Crippen molar-refractivity contribution in [1.29, 1.82) is 0 Å². The molecule has 0 aliphatic carbocycles. The fraction of sp³-hybridized carbons (Fsp3) is 0.909. The molecule has 86 valence electrons. The SMILES string of the molecule is NC(=NCC1CCCO1)N1CCCCC1. The van der Waals surface area contributed by atoms with Crippen molar-refractivity contribution in [1.82, 2.24) is 4.90 Å². The van der Waals surface area contributed by atoms with Gasteiger partial charge in [0.1, 0.15) is 0 Å². The summed E-state index contributed by atoms with van der Waals surface area (Å²) in [5.41, 5.74) is 5.95. The second kappa shape index (κ2) is 5.35. The average Bonchev–Trinajstić information content (AvgIpc) is 2.80. The second-order valence-corrected chi connectivity index (χ2v) is 4.38. The Kier molecular flexibility index (Phi) is 3.83. The van der Waals surface area contributed by atoms with Crippen molar-refractivity contribution in [2.24, 2.45) is 10.7 Å². The minimum Gasteiger partial charge on any atom is -0.376 e. The molecule has 0 aromatic rings. The molecular formula is C11H21N3O. The number of aliphatic imine (C=N–C) groups is 1. The molecule has 0 amide bonds. The van der Waals surface area contributed by atoms with Gasteiger partial charge in [0.25, 0.3) is 0 Å². The monoisotopic (exact) mass is 211 g/mol. The summed E-state index contributed by atoms with van der Waals surface area (Å²) in [6.07, 6.45) is 6.44. The summed E-state index contributed by atoms with van der Waals surface area (Å²) in [5.74, 6) is 0.713. The first-order valence-electron chi connectivity index (χ1n) is 6.03. The maximum absolute atomic E-state index is 5.95. The van der Waals surface area contributed by atoms with Crippen LogP contribution in [0.4, 0.5) is 0 Å². The summed E-state index contributed by atoms with van der Waals surface area (Å²) in [6, 6.07) is 0. The van der Waals surface area contributed by atoms with Gasteiger partial charge in [-0.05, 0) is 32.1 Å². The topological polar surface area (TPSA) is 50.9 Å². The van der Waals surface area contributed by atoms with Crippen molar-refractivity contribution >= 4 is 5.96 Å². The quantitative estimate of drug-likeness (QED) is 0.547. The van der Waals surface area contributed by atoms with E-state index in [4.69, 9.17) is 10.5 Å². The lowest BCUT2D eigenvalue weighted by Gasteiger charge is -2.27. The lowest BCUT2D eigenvalue weighted by molar-refractivity contribution is 0.117. The van der Waals surface area contributed by atoms with Crippen LogP contribution in [0, 0.1) is 0 Å². The van der Waals surface area contributed by atoms with Crippen LogP contribution in [-0.2, 0) is 4.74 Å². The van der Waals surface area contributed by atoms with E-state index in [9.17, 15) is 0 Å². The van der Waals surface area contributed by atoms with Crippen molar-refractivity contribution < 1.29 is 4.74 Å². The van der Waals surface area contributed by atoms with Crippen LogP contribution in [0.2, 0.25) is 0 Å². The molecular weight excluding hydrogens is 190 g/mol. The van der Waals surface area contributed by atoms with Gasteiger partial charge in [-0.3, -0.25) is 4.99 Å². The molecule has 0 spiro atoms. The van der Waals surface area contributed by atoms with Crippen LogP contribution in [0.5, 0.6) is 0 Å². The van der Waals surface area contributed by atoms with Crippen LogP contribution in [0.1, 0.15) is 32.1 Å². The molecule has 15 heavy (non-hydrogen) atoms. The Labute approximate surface area is 91.5 Å². The smallest absolute Gasteiger partial charge is 0.191 e. The number of guanidine groups is 1. The maximum Gasteiger partial charge on any atom is 0.191 e. The number of hydrogen-bond donors (Lipinski definition) is 1. The van der Waals surface area contributed by atoms with E-state index in [1.807, 2.05) is 0 Å². The Morgan fingerprint density at radius 3 is 2.73 bits per heavy atom. The molecule has 4 heteroatoms. The molecule has 2 saturated heterocycles. The lowest BCUT2D eigenvalue weighted by atomic mass is 10.1. The van der Waals surface area contributed by atoms with Crippen molar-refractivity contribution in [3.63, 3.8) is 0 Å². The lowest BCUT2D eigenvalue weighted by Crippen LogP contribution is -2.41. The van der Waals surface area contributed by atoms with E-state index in [1.54, 1.807) is 0 Å². The predicted molar refractivity (Wildman–Crippen MR) is 60.9 cm³/mol. The number of hydrogen-bond acceptors (Lipinski definition) is 2. The van der Waals surface area contributed by atoms with Crippen LogP contribution >= 0.6 is 0 Å². The number of ether oxygens (including phenoxy) is 1. The molecule has 1 unspecified atom stereocenters. The van der Waals surface area contributed by atoms with E-state index < -0.39 is 0 Å². The highest BCUT2D eigenvalue weighted by molar-refractivity contribution is 5.78. The van der Waals surface area contributed by atoms with Crippen molar-refractivity contribution in [3.05, 3.63) is 0 Å². The van der Waals surface area contributed by atoms with Crippen molar-refractivity contribution in [2.75, 3.05) is 26.2 Å². The summed E-state index contributed by atoms with van der Waals surface area (Å²) in [7, 11) is 0. The van der Waals surface area contributed by atoms with E-state index >= 15 is 0 Å². The minimum atomic E-state index is 0.313. The first-order valence-corrected chi connectivity index (χ1v) is 6.03. The molecule has 1 atom stereocenters. The van der Waals surface area contributed by atoms with Gasteiger partial charge >= 0.3 is 0 Å². The van der Waals surface area contributed by atoms with Gasteiger partial charge in [-0.2, -0.15) is 0 Å². The van der Waals surface area contributed by atoms with E-state index in [0.717, 1.165) is 32.7 Å². The van der Waals surface area contributed by atoms with Gasteiger partial charge in [0.2, 0.25) is 0 Å². The fourth-order valence-corrected chi connectivity index (χ4v) is 2.21. The molecule has 2 N–H and O–H groups in total. The molecule has 0 aromatic heterocycles. The van der Waals surface area contributed by atoms with Gasteiger partial charge in [0.15, 0.2) is 5.96 Å². The van der Waals surface area contributed by atoms with Gasteiger partial charge < -0.3 is 15.4 Å². The first kappa shape index (κ1) is 10.7. The zero-order valence-electron chi connectivity index (χ0n) is 9.32. The van der Waals surface area contributed by atoms with Crippen LogP contribution in [0.3, 0.4) is 0 Å². The zero-order chi connectivity index (χ0) is 10.5. The summed E-state index contributed by atoms with van der Waals surface area (Å²) >= 11 is 0. The summed E-state index contributed by atoms with van der Waals surface area (Å²) in [4.78, 5) is 6.62. The second-order valence-electron chi connectivity index (χ2n) is 4.38. The summed E-state index contributed by atoms with van der Waals surface area (Å²) in [6.45, 7) is 3.77. The number of nitrogens with zero attached hydrogens (tertiary/aromatic N) is 2. The highest BCUT2D eigenvalue weighted by Crippen LogP contribution is 2.12. The largest absolute Gasteiger partial charge is 0.376 e. The van der Waals surface area contributed by atoms with E-state index in [0.29, 0.717) is 12.1 Å². The number of piperidine rings is 1. The summed E-state index contributed by atoms with van der Waals surface area (Å²) < 4.78 is 5.51. The van der Waals surface area contributed by atoms with Crippen LogP contribution in [-0.4, -0.2) is 43.2 Å². The van der Waals surface area contributed by atoms with E-state index in [1.165, 1.54) is 25.7 Å². The Morgan fingerprint density at radius 1 is 1.27 bits per heavy atom. The Bertz CT molecular complexity index is 218. The predicted octanol–water partition coefficient (Wildman–Crippen LogP) is 0.966. The third kappa shape index (κ3) is 3.09. The van der Waals surface area contributed by atoms with Crippen LogP contribution in [0.15, 0.2) is 4.99 Å². The number of nitrogens with two attached hydrogens (primary N) is 1. The molecule has 2 aliphatic rings. The zero-order valence-corrected chi connectivity index (χ0v) is 9.32. The molecule has 0 radical (unpaired) electrons. The van der Waals surface area contributed by atoms with E-state index in [2.05, 4.69) is 9.89 Å².